The smallest absolute Gasteiger partial charge is 0.417 e. The number of esters is 1. The number of aromatic nitrogens is 1. The molecule has 1 rings (SSSR count). The van der Waals surface area contributed by atoms with Crippen LogP contribution >= 0.6 is 0 Å². The van der Waals surface area contributed by atoms with Crippen LogP contribution in [-0.2, 0) is 10.9 Å². The largest absolute Gasteiger partial charge is 0.456 e. The fraction of sp³-hybridized carbons (Fsp3) is 0.500. The lowest BCUT2D eigenvalue weighted by Crippen LogP contribution is -2.26. The molecule has 3 nitrogen and oxygen atoms in total. The minimum atomic E-state index is -4.61. The first kappa shape index (κ1) is 14.5. The van der Waals surface area contributed by atoms with Crippen LogP contribution in [0.3, 0.4) is 0 Å². The van der Waals surface area contributed by atoms with Gasteiger partial charge in [-0.25, -0.2) is 4.79 Å². The Balaban J connectivity index is 3.21. The van der Waals surface area contributed by atoms with Gasteiger partial charge in [0.15, 0.2) is 0 Å². The molecule has 0 fully saturated rings. The lowest BCUT2D eigenvalue weighted by Gasteiger charge is -2.21. The third kappa shape index (κ3) is 3.72. The number of pyridine rings is 1. The van der Waals surface area contributed by atoms with Gasteiger partial charge in [-0.1, -0.05) is 0 Å². The van der Waals surface area contributed by atoms with Crippen LogP contribution in [0, 0.1) is 6.92 Å². The Hall–Kier alpha value is -1.59. The first-order valence-electron chi connectivity index (χ1n) is 5.28. The quantitative estimate of drug-likeness (QED) is 0.727. The Morgan fingerprint density at radius 1 is 1.28 bits per heavy atom. The van der Waals surface area contributed by atoms with E-state index in [2.05, 4.69) is 4.98 Å². The van der Waals surface area contributed by atoms with Crippen LogP contribution in [0.1, 0.15) is 42.4 Å². The van der Waals surface area contributed by atoms with E-state index in [1.165, 1.54) is 6.92 Å². The zero-order chi connectivity index (χ0) is 14.1. The van der Waals surface area contributed by atoms with E-state index < -0.39 is 28.9 Å². The summed E-state index contributed by atoms with van der Waals surface area (Å²) in [6.07, 6.45) is -3.72. The number of carbonyl (C=O) groups is 1. The number of alkyl halides is 3. The number of carbonyl (C=O) groups excluding carboxylic acids is 1. The molecule has 0 spiro atoms. The molecular formula is C12H14F3NO2. The predicted molar refractivity (Wildman–Crippen MR) is 59.1 cm³/mol. The number of halogens is 3. The Labute approximate surface area is 103 Å². The van der Waals surface area contributed by atoms with Gasteiger partial charge in [0.2, 0.25) is 0 Å². The summed E-state index contributed by atoms with van der Waals surface area (Å²) < 4.78 is 43.3. The van der Waals surface area contributed by atoms with E-state index in [0.29, 0.717) is 0 Å². The highest BCUT2D eigenvalue weighted by Gasteiger charge is 2.36. The van der Waals surface area contributed by atoms with Crippen molar-refractivity contribution in [2.24, 2.45) is 0 Å². The molecule has 0 aliphatic carbocycles. The normalized spacial score (nSPS) is 12.4. The minimum Gasteiger partial charge on any atom is -0.456 e. The van der Waals surface area contributed by atoms with Gasteiger partial charge in [0.25, 0.3) is 0 Å². The van der Waals surface area contributed by atoms with Crippen molar-refractivity contribution in [3.8, 4) is 0 Å². The third-order valence-corrected chi connectivity index (χ3v) is 1.96. The Kier molecular flexibility index (Phi) is 3.69. The highest BCUT2D eigenvalue weighted by atomic mass is 19.4. The molecule has 1 aromatic heterocycles. The average Bonchev–Trinajstić information content (AvgIpc) is 2.13. The van der Waals surface area contributed by atoms with Crippen molar-refractivity contribution in [1.82, 2.24) is 4.98 Å². The van der Waals surface area contributed by atoms with Gasteiger partial charge in [-0.15, -0.1) is 0 Å². The average molecular weight is 261 g/mol. The number of aryl methyl sites for hydroxylation is 1. The molecule has 0 radical (unpaired) electrons. The molecule has 18 heavy (non-hydrogen) atoms. The maximum absolute atomic E-state index is 12.8. The maximum atomic E-state index is 12.8. The van der Waals surface area contributed by atoms with E-state index in [4.69, 9.17) is 4.74 Å². The summed E-state index contributed by atoms with van der Waals surface area (Å²) >= 11 is 0. The lowest BCUT2D eigenvalue weighted by molar-refractivity contribution is -0.138. The van der Waals surface area contributed by atoms with Crippen LogP contribution in [0.2, 0.25) is 0 Å². The molecule has 0 aliphatic heterocycles. The molecule has 1 aromatic rings. The first-order valence-corrected chi connectivity index (χ1v) is 5.28. The summed E-state index contributed by atoms with van der Waals surface area (Å²) in [4.78, 5) is 15.4. The van der Waals surface area contributed by atoms with Crippen molar-refractivity contribution >= 4 is 5.97 Å². The molecule has 0 aromatic carbocycles. The molecule has 1 heterocycles. The Morgan fingerprint density at radius 2 is 1.83 bits per heavy atom. The Morgan fingerprint density at radius 3 is 2.28 bits per heavy atom. The van der Waals surface area contributed by atoms with Gasteiger partial charge < -0.3 is 4.74 Å². The molecule has 0 amide bonds. The van der Waals surface area contributed by atoms with Crippen molar-refractivity contribution in [3.63, 3.8) is 0 Å². The number of nitrogens with zero attached hydrogens (tertiary/aromatic N) is 1. The van der Waals surface area contributed by atoms with Crippen LogP contribution in [0.5, 0.6) is 0 Å². The predicted octanol–water partition coefficient (Wildman–Crippen LogP) is 3.36. The number of hydrogen-bond donors (Lipinski definition) is 0. The van der Waals surface area contributed by atoms with E-state index in [9.17, 15) is 18.0 Å². The summed E-state index contributed by atoms with van der Waals surface area (Å²) in [5.41, 5.74) is -2.26. The zero-order valence-corrected chi connectivity index (χ0v) is 10.6. The molecule has 0 saturated heterocycles. The lowest BCUT2D eigenvalue weighted by atomic mass is 10.1. The van der Waals surface area contributed by atoms with E-state index in [1.807, 2.05) is 0 Å². The minimum absolute atomic E-state index is 0.189. The highest BCUT2D eigenvalue weighted by Crippen LogP contribution is 2.32. The second-order valence-electron chi connectivity index (χ2n) is 4.87. The molecule has 0 aliphatic rings. The molecule has 0 saturated carbocycles. The van der Waals surface area contributed by atoms with Crippen LogP contribution in [0.15, 0.2) is 12.3 Å². The van der Waals surface area contributed by atoms with Crippen molar-refractivity contribution in [3.05, 3.63) is 29.1 Å². The summed E-state index contributed by atoms with van der Waals surface area (Å²) in [5.74, 6) is -1.03. The standard InChI is InChI=1S/C12H14F3NO2/c1-7-5-9(12(13,14)15)8(6-16-7)10(17)18-11(2,3)4/h5-6H,1-4H3. The van der Waals surface area contributed by atoms with E-state index >= 15 is 0 Å². The van der Waals surface area contributed by atoms with Gasteiger partial charge in [-0.05, 0) is 33.8 Å². The SMILES string of the molecule is Cc1cc(C(F)(F)F)c(C(=O)OC(C)(C)C)cn1. The second kappa shape index (κ2) is 4.59. The van der Waals surface area contributed by atoms with Crippen LogP contribution in [-0.4, -0.2) is 16.6 Å². The molecule has 0 bridgehead atoms. The summed E-state index contributed by atoms with van der Waals surface area (Å²) in [6.45, 7) is 6.17. The highest BCUT2D eigenvalue weighted by molar-refractivity contribution is 5.91. The maximum Gasteiger partial charge on any atom is 0.417 e. The van der Waals surface area contributed by atoms with Gasteiger partial charge in [0.05, 0.1) is 11.1 Å². The third-order valence-electron chi connectivity index (χ3n) is 1.96. The molecule has 0 atom stereocenters. The van der Waals surface area contributed by atoms with Crippen molar-refractivity contribution < 1.29 is 22.7 Å². The summed E-state index contributed by atoms with van der Waals surface area (Å²) in [5, 5.41) is 0. The zero-order valence-electron chi connectivity index (χ0n) is 10.6. The fourth-order valence-electron chi connectivity index (χ4n) is 1.29. The van der Waals surface area contributed by atoms with Crippen LogP contribution in [0.4, 0.5) is 13.2 Å². The summed E-state index contributed by atoms with van der Waals surface area (Å²) in [7, 11) is 0. The molecule has 0 unspecified atom stereocenters. The number of hydrogen-bond acceptors (Lipinski definition) is 3. The van der Waals surface area contributed by atoms with Gasteiger partial charge in [0, 0.05) is 11.9 Å². The van der Waals surface area contributed by atoms with Gasteiger partial charge >= 0.3 is 12.1 Å². The molecule has 0 N–H and O–H groups in total. The molecular weight excluding hydrogens is 247 g/mol. The second-order valence-corrected chi connectivity index (χ2v) is 4.87. The Bertz CT molecular complexity index is 461. The van der Waals surface area contributed by atoms with Crippen molar-refractivity contribution in [2.45, 2.75) is 39.5 Å². The van der Waals surface area contributed by atoms with Crippen LogP contribution in [0.25, 0.3) is 0 Å². The first-order chi connectivity index (χ1) is 8.00. The van der Waals surface area contributed by atoms with E-state index in [1.54, 1.807) is 20.8 Å². The molecule has 100 valence electrons. The number of rotatable bonds is 1. The summed E-state index contributed by atoms with van der Waals surface area (Å²) in [6, 6.07) is 0.833. The van der Waals surface area contributed by atoms with Gasteiger partial charge in [-0.3, -0.25) is 4.98 Å². The monoisotopic (exact) mass is 261 g/mol. The molecule has 6 heteroatoms. The van der Waals surface area contributed by atoms with Crippen LogP contribution < -0.4 is 0 Å². The number of ether oxygens (including phenoxy) is 1. The van der Waals surface area contributed by atoms with Gasteiger partial charge in [-0.2, -0.15) is 13.2 Å². The van der Waals surface area contributed by atoms with E-state index in [0.717, 1.165) is 12.3 Å². The topological polar surface area (TPSA) is 39.2 Å². The van der Waals surface area contributed by atoms with Crippen molar-refractivity contribution in [2.75, 3.05) is 0 Å². The van der Waals surface area contributed by atoms with Crippen molar-refractivity contribution in [1.29, 1.82) is 0 Å². The fourth-order valence-corrected chi connectivity index (χ4v) is 1.29. The van der Waals surface area contributed by atoms with E-state index in [-0.39, 0.29) is 5.69 Å². The van der Waals surface area contributed by atoms with Gasteiger partial charge in [0.1, 0.15) is 5.60 Å².